The van der Waals surface area contributed by atoms with E-state index in [2.05, 4.69) is 5.32 Å². The Hall–Kier alpha value is -1.52. The molecule has 1 atom stereocenters. The summed E-state index contributed by atoms with van der Waals surface area (Å²) in [5.74, 6) is 0.326. The first-order chi connectivity index (χ1) is 9.15. The van der Waals surface area contributed by atoms with Crippen molar-refractivity contribution in [3.8, 4) is 0 Å². The molecule has 1 fully saturated rings. The molecule has 0 aliphatic carbocycles. The van der Waals surface area contributed by atoms with Gasteiger partial charge in [-0.05, 0) is 31.2 Å². The average Bonchev–Trinajstić information content (AvgIpc) is 2.81. The number of carbonyl (C=O) groups is 1. The third-order valence-corrected chi connectivity index (χ3v) is 3.69. The van der Waals surface area contributed by atoms with Crippen molar-refractivity contribution in [1.82, 2.24) is 10.2 Å². The van der Waals surface area contributed by atoms with E-state index in [0.717, 1.165) is 18.5 Å². The van der Waals surface area contributed by atoms with Crippen LogP contribution in [0.5, 0.6) is 0 Å². The van der Waals surface area contributed by atoms with E-state index < -0.39 is 0 Å². The van der Waals surface area contributed by atoms with Gasteiger partial charge in [0.05, 0.1) is 0 Å². The molecule has 0 saturated carbocycles. The molecule has 1 N–H and O–H groups in total. The number of nitrogens with one attached hydrogen (secondary N) is 1. The number of hydrogen-bond acceptors (Lipinski definition) is 3. The summed E-state index contributed by atoms with van der Waals surface area (Å²) in [5, 5.41) is 4.76. The van der Waals surface area contributed by atoms with Gasteiger partial charge in [-0.1, -0.05) is 11.6 Å². The minimum atomic E-state index is -0.0543. The topological polar surface area (TPSA) is 45.5 Å². The van der Waals surface area contributed by atoms with Gasteiger partial charge in [-0.3, -0.25) is 4.79 Å². The number of piperazine rings is 1. The molecule has 1 aliphatic rings. The maximum atomic E-state index is 12.4. The van der Waals surface area contributed by atoms with Crippen LogP contribution < -0.4 is 5.32 Å². The molecule has 1 aromatic heterocycles. The van der Waals surface area contributed by atoms with E-state index in [1.165, 1.54) is 0 Å². The predicted octanol–water partition coefficient (Wildman–Crippen LogP) is 2.52. The van der Waals surface area contributed by atoms with Crippen LogP contribution in [0.1, 0.15) is 17.5 Å². The first kappa shape index (κ1) is 12.5. The highest BCUT2D eigenvalue weighted by atomic mass is 35.5. The van der Waals surface area contributed by atoms with Gasteiger partial charge >= 0.3 is 0 Å². The van der Waals surface area contributed by atoms with E-state index in [0.29, 0.717) is 22.9 Å². The van der Waals surface area contributed by atoms with E-state index in [1.807, 2.05) is 11.8 Å². The lowest BCUT2D eigenvalue weighted by atomic mass is 10.2. The number of rotatable bonds is 1. The molecular weight excluding hydrogens is 264 g/mol. The molecule has 0 unspecified atom stereocenters. The normalized spacial score (nSPS) is 19.9. The van der Waals surface area contributed by atoms with Gasteiger partial charge in [0.25, 0.3) is 5.91 Å². The second-order valence-electron chi connectivity index (χ2n) is 4.84. The zero-order chi connectivity index (χ0) is 13.4. The highest BCUT2D eigenvalue weighted by Crippen LogP contribution is 2.24. The first-order valence-electron chi connectivity index (χ1n) is 6.36. The lowest BCUT2D eigenvalue weighted by molar-refractivity contribution is 0.0625. The van der Waals surface area contributed by atoms with Gasteiger partial charge in [0.1, 0.15) is 5.58 Å². The predicted molar refractivity (Wildman–Crippen MR) is 74.6 cm³/mol. The number of halogens is 1. The number of amides is 1. The summed E-state index contributed by atoms with van der Waals surface area (Å²) in [4.78, 5) is 14.3. The maximum Gasteiger partial charge on any atom is 0.289 e. The Labute approximate surface area is 116 Å². The summed E-state index contributed by atoms with van der Waals surface area (Å²) in [6, 6.07) is 7.29. The molecule has 1 saturated heterocycles. The fourth-order valence-corrected chi connectivity index (χ4v) is 2.58. The zero-order valence-electron chi connectivity index (χ0n) is 10.6. The van der Waals surface area contributed by atoms with Crippen LogP contribution in [0, 0.1) is 0 Å². The Morgan fingerprint density at radius 3 is 3.11 bits per heavy atom. The molecule has 100 valence electrons. The Morgan fingerprint density at radius 2 is 2.32 bits per heavy atom. The van der Waals surface area contributed by atoms with Crippen molar-refractivity contribution in [2.75, 3.05) is 19.6 Å². The highest BCUT2D eigenvalue weighted by Gasteiger charge is 2.26. The Balaban J connectivity index is 1.92. The summed E-state index contributed by atoms with van der Waals surface area (Å²) in [6.45, 7) is 4.38. The molecule has 0 radical (unpaired) electrons. The molecule has 2 heterocycles. The van der Waals surface area contributed by atoms with Crippen molar-refractivity contribution in [1.29, 1.82) is 0 Å². The van der Waals surface area contributed by atoms with Crippen molar-refractivity contribution >= 4 is 28.5 Å². The van der Waals surface area contributed by atoms with E-state index in [9.17, 15) is 4.79 Å². The Kier molecular flexibility index (Phi) is 3.21. The van der Waals surface area contributed by atoms with Crippen LogP contribution in [0.2, 0.25) is 5.02 Å². The molecule has 1 aromatic carbocycles. The van der Waals surface area contributed by atoms with Crippen LogP contribution in [-0.4, -0.2) is 36.5 Å². The van der Waals surface area contributed by atoms with E-state index >= 15 is 0 Å². The maximum absolute atomic E-state index is 12.4. The van der Waals surface area contributed by atoms with Crippen LogP contribution in [0.15, 0.2) is 28.7 Å². The number of fused-ring (bicyclic) bond motifs is 1. The molecule has 1 amide bonds. The van der Waals surface area contributed by atoms with Gasteiger partial charge in [-0.25, -0.2) is 0 Å². The van der Waals surface area contributed by atoms with Gasteiger partial charge in [0.15, 0.2) is 5.76 Å². The largest absolute Gasteiger partial charge is 0.451 e. The van der Waals surface area contributed by atoms with E-state index in [1.54, 1.807) is 24.3 Å². The molecule has 4 nitrogen and oxygen atoms in total. The third kappa shape index (κ3) is 2.33. The van der Waals surface area contributed by atoms with Crippen molar-refractivity contribution in [2.24, 2.45) is 0 Å². The van der Waals surface area contributed by atoms with Crippen LogP contribution in [0.25, 0.3) is 11.0 Å². The average molecular weight is 279 g/mol. The monoisotopic (exact) mass is 278 g/mol. The second kappa shape index (κ2) is 4.87. The number of benzene rings is 1. The lowest BCUT2D eigenvalue weighted by Gasteiger charge is -2.33. The molecular formula is C14H15ClN2O2. The van der Waals surface area contributed by atoms with Gasteiger partial charge in [-0.15, -0.1) is 0 Å². The van der Waals surface area contributed by atoms with Crippen LogP contribution >= 0.6 is 11.6 Å². The molecule has 1 aliphatic heterocycles. The van der Waals surface area contributed by atoms with Crippen molar-refractivity contribution in [3.05, 3.63) is 35.0 Å². The summed E-state index contributed by atoms with van der Waals surface area (Å²) in [5.41, 5.74) is 0.690. The summed E-state index contributed by atoms with van der Waals surface area (Å²) in [7, 11) is 0. The van der Waals surface area contributed by atoms with Gasteiger partial charge in [0, 0.05) is 36.1 Å². The van der Waals surface area contributed by atoms with Crippen molar-refractivity contribution < 1.29 is 9.21 Å². The summed E-state index contributed by atoms with van der Waals surface area (Å²) in [6.07, 6.45) is 0. The fourth-order valence-electron chi connectivity index (χ4n) is 2.40. The van der Waals surface area contributed by atoms with E-state index in [-0.39, 0.29) is 11.9 Å². The molecule has 2 aromatic rings. The SMILES string of the molecule is C[C@@H]1CNCCN1C(=O)c1cc2cc(Cl)ccc2o1. The van der Waals surface area contributed by atoms with Crippen LogP contribution in [-0.2, 0) is 0 Å². The molecule has 5 heteroatoms. The summed E-state index contributed by atoms with van der Waals surface area (Å²) < 4.78 is 5.62. The highest BCUT2D eigenvalue weighted by molar-refractivity contribution is 6.31. The van der Waals surface area contributed by atoms with Gasteiger partial charge in [-0.2, -0.15) is 0 Å². The van der Waals surface area contributed by atoms with Crippen molar-refractivity contribution in [2.45, 2.75) is 13.0 Å². The fraction of sp³-hybridized carbons (Fsp3) is 0.357. The lowest BCUT2D eigenvalue weighted by Crippen LogP contribution is -2.52. The molecule has 0 bridgehead atoms. The third-order valence-electron chi connectivity index (χ3n) is 3.45. The number of furan rings is 1. The Morgan fingerprint density at radius 1 is 1.47 bits per heavy atom. The minimum absolute atomic E-state index is 0.0543. The number of nitrogens with zero attached hydrogens (tertiary/aromatic N) is 1. The minimum Gasteiger partial charge on any atom is -0.451 e. The number of hydrogen-bond donors (Lipinski definition) is 1. The first-order valence-corrected chi connectivity index (χ1v) is 6.74. The summed E-state index contributed by atoms with van der Waals surface area (Å²) >= 11 is 5.93. The molecule has 3 rings (SSSR count). The van der Waals surface area contributed by atoms with Gasteiger partial charge in [0.2, 0.25) is 0 Å². The molecule has 0 spiro atoms. The molecule has 19 heavy (non-hydrogen) atoms. The standard InChI is InChI=1S/C14H15ClN2O2/c1-9-8-16-4-5-17(9)14(18)13-7-10-6-11(15)2-3-12(10)19-13/h2-3,6-7,9,16H,4-5,8H2,1H3/t9-/m1/s1. The van der Waals surface area contributed by atoms with Crippen LogP contribution in [0.3, 0.4) is 0 Å². The quantitative estimate of drug-likeness (QED) is 0.872. The number of carbonyl (C=O) groups excluding carboxylic acids is 1. The van der Waals surface area contributed by atoms with Crippen LogP contribution in [0.4, 0.5) is 0 Å². The van der Waals surface area contributed by atoms with Gasteiger partial charge < -0.3 is 14.6 Å². The Bertz CT molecular complexity index is 623. The zero-order valence-corrected chi connectivity index (χ0v) is 11.4. The second-order valence-corrected chi connectivity index (χ2v) is 5.28. The van der Waals surface area contributed by atoms with E-state index in [4.69, 9.17) is 16.0 Å². The van der Waals surface area contributed by atoms with Crippen molar-refractivity contribution in [3.63, 3.8) is 0 Å². The smallest absolute Gasteiger partial charge is 0.289 e.